The van der Waals surface area contributed by atoms with Crippen molar-refractivity contribution in [3.63, 3.8) is 0 Å². The fraction of sp³-hybridized carbons (Fsp3) is 0.500. The lowest BCUT2D eigenvalue weighted by Gasteiger charge is -2.46. The van der Waals surface area contributed by atoms with Crippen molar-refractivity contribution >= 4 is 27.5 Å². The first-order chi connectivity index (χ1) is 14.3. The van der Waals surface area contributed by atoms with E-state index in [2.05, 4.69) is 4.98 Å². The molecule has 0 radical (unpaired) electrons. The number of nitrogens with two attached hydrogens (primary N) is 1. The molecular formula is C16H19F6N5O4S. The minimum absolute atomic E-state index is 0.0816. The second-order valence-electron chi connectivity index (χ2n) is 7.44. The number of halogens is 6. The Labute approximate surface area is 178 Å². The van der Waals surface area contributed by atoms with Gasteiger partial charge in [0.05, 0.1) is 17.3 Å². The van der Waals surface area contributed by atoms with Crippen LogP contribution in [0.4, 0.5) is 32.2 Å². The number of carboxylic acids is 1. The molecule has 0 bridgehead atoms. The van der Waals surface area contributed by atoms with Crippen LogP contribution >= 0.6 is 0 Å². The Hall–Kier alpha value is -2.59. The normalized spacial score (nSPS) is 17.7. The summed E-state index contributed by atoms with van der Waals surface area (Å²) in [7, 11) is -3.89. The van der Waals surface area contributed by atoms with E-state index in [4.69, 9.17) is 15.0 Å². The summed E-state index contributed by atoms with van der Waals surface area (Å²) in [5.74, 6) is -2.45. The number of aliphatic carboxylic acids is 1. The predicted octanol–water partition coefficient (Wildman–Crippen LogP) is 2.09. The van der Waals surface area contributed by atoms with Crippen LogP contribution in [0.25, 0.3) is 5.52 Å². The monoisotopic (exact) mass is 491 g/mol. The van der Waals surface area contributed by atoms with Gasteiger partial charge in [0.2, 0.25) is 0 Å². The standard InChI is InChI=1S/C14H18F3N5O2S.C2HF3O2/c1-13(2)8-20(3-4-22(13)25(18,23)24)12-6-10(14(15,16)17)5-11-7-19-9-21(11)12;3-2(4,5)1(6)7/h5-7,9H,3-4,8H2,1-2H3,(H2,18,23,24);(H,6,7). The van der Waals surface area contributed by atoms with Gasteiger partial charge in [-0.3, -0.25) is 4.40 Å². The number of piperazine rings is 1. The second kappa shape index (κ2) is 8.40. The summed E-state index contributed by atoms with van der Waals surface area (Å²) >= 11 is 0. The van der Waals surface area contributed by atoms with Crippen LogP contribution in [0.15, 0.2) is 24.7 Å². The summed E-state index contributed by atoms with van der Waals surface area (Å²) in [6, 6.07) is 2.08. The van der Waals surface area contributed by atoms with E-state index in [9.17, 15) is 34.8 Å². The molecule has 16 heteroatoms. The van der Waals surface area contributed by atoms with Crippen molar-refractivity contribution < 1.29 is 44.7 Å². The Bertz CT molecular complexity index is 1100. The molecule has 0 unspecified atom stereocenters. The van der Waals surface area contributed by atoms with Gasteiger partial charge in [-0.1, -0.05) is 0 Å². The van der Waals surface area contributed by atoms with Gasteiger partial charge in [0.1, 0.15) is 12.1 Å². The quantitative estimate of drug-likeness (QED) is 0.621. The van der Waals surface area contributed by atoms with Gasteiger partial charge in [-0.25, -0.2) is 14.9 Å². The molecular weight excluding hydrogens is 472 g/mol. The number of hydrogen-bond acceptors (Lipinski definition) is 5. The molecule has 0 amide bonds. The number of nitrogens with zero attached hydrogens (tertiary/aromatic N) is 4. The van der Waals surface area contributed by atoms with Crippen LogP contribution in [0.2, 0.25) is 0 Å². The fourth-order valence-electron chi connectivity index (χ4n) is 3.23. The number of imidazole rings is 1. The molecule has 0 spiro atoms. The van der Waals surface area contributed by atoms with Crippen LogP contribution in [0, 0.1) is 0 Å². The Balaban J connectivity index is 0.000000451. The number of fused-ring (bicyclic) bond motifs is 1. The highest BCUT2D eigenvalue weighted by Crippen LogP contribution is 2.34. The number of rotatable bonds is 2. The van der Waals surface area contributed by atoms with Crippen LogP contribution in [0.3, 0.4) is 0 Å². The Kier molecular flexibility index (Phi) is 6.74. The zero-order valence-electron chi connectivity index (χ0n) is 16.6. The van der Waals surface area contributed by atoms with E-state index in [0.717, 1.165) is 16.4 Å². The maximum absolute atomic E-state index is 13.2. The lowest BCUT2D eigenvalue weighted by atomic mass is 10.0. The minimum Gasteiger partial charge on any atom is -0.475 e. The average molecular weight is 491 g/mol. The van der Waals surface area contributed by atoms with Gasteiger partial charge >= 0.3 is 18.3 Å². The lowest BCUT2D eigenvalue weighted by Crippen LogP contribution is -2.62. The SMILES string of the molecule is CC1(C)CN(c2cc(C(F)(F)F)cc3cncn23)CCN1S(N)(=O)=O.O=C(O)C(F)(F)F. The highest BCUT2D eigenvalue weighted by molar-refractivity contribution is 7.86. The van der Waals surface area contributed by atoms with Gasteiger partial charge in [0, 0.05) is 25.2 Å². The van der Waals surface area contributed by atoms with Gasteiger partial charge in [0.25, 0.3) is 10.2 Å². The third-order valence-electron chi connectivity index (χ3n) is 4.53. The van der Waals surface area contributed by atoms with Gasteiger partial charge in [-0.05, 0) is 26.0 Å². The third kappa shape index (κ3) is 5.80. The van der Waals surface area contributed by atoms with Gasteiger partial charge < -0.3 is 10.0 Å². The summed E-state index contributed by atoms with van der Waals surface area (Å²) in [5, 5.41) is 12.4. The van der Waals surface area contributed by atoms with Crippen molar-refractivity contribution in [1.29, 1.82) is 0 Å². The molecule has 9 nitrogen and oxygen atoms in total. The Morgan fingerprint density at radius 1 is 1.16 bits per heavy atom. The summed E-state index contributed by atoms with van der Waals surface area (Å²) < 4.78 is 97.5. The summed E-state index contributed by atoms with van der Waals surface area (Å²) in [5.41, 5.74) is -1.33. The Morgan fingerprint density at radius 3 is 2.16 bits per heavy atom. The van der Waals surface area contributed by atoms with E-state index in [0.29, 0.717) is 11.3 Å². The second-order valence-corrected chi connectivity index (χ2v) is 8.91. The number of aromatic nitrogens is 2. The Morgan fingerprint density at radius 2 is 1.72 bits per heavy atom. The number of anilines is 1. The molecule has 3 N–H and O–H groups in total. The highest BCUT2D eigenvalue weighted by Gasteiger charge is 2.41. The van der Waals surface area contributed by atoms with Gasteiger partial charge in [0.15, 0.2) is 0 Å². The fourth-order valence-corrected chi connectivity index (χ4v) is 4.31. The van der Waals surface area contributed by atoms with Crippen molar-refractivity contribution in [3.8, 4) is 0 Å². The van der Waals surface area contributed by atoms with E-state index in [1.165, 1.54) is 12.5 Å². The van der Waals surface area contributed by atoms with Crippen molar-refractivity contribution in [2.75, 3.05) is 24.5 Å². The molecule has 2 aromatic heterocycles. The first-order valence-electron chi connectivity index (χ1n) is 8.73. The first kappa shape index (κ1) is 25.7. The molecule has 1 saturated heterocycles. The number of carboxylic acid groups (broad SMARTS) is 1. The molecule has 2 aromatic rings. The topological polar surface area (TPSA) is 121 Å². The molecule has 1 aliphatic heterocycles. The predicted molar refractivity (Wildman–Crippen MR) is 100.0 cm³/mol. The van der Waals surface area contributed by atoms with Crippen molar-refractivity contribution in [1.82, 2.24) is 13.7 Å². The van der Waals surface area contributed by atoms with Crippen LogP contribution in [-0.4, -0.2) is 64.5 Å². The van der Waals surface area contributed by atoms with E-state index in [-0.39, 0.29) is 19.6 Å². The van der Waals surface area contributed by atoms with Gasteiger partial charge in [-0.15, -0.1) is 0 Å². The largest absolute Gasteiger partial charge is 0.490 e. The van der Waals surface area contributed by atoms with Gasteiger partial charge in [-0.2, -0.15) is 39.1 Å². The van der Waals surface area contributed by atoms with Crippen LogP contribution in [0.5, 0.6) is 0 Å². The summed E-state index contributed by atoms with van der Waals surface area (Å²) in [6.45, 7) is 3.86. The molecule has 0 saturated carbocycles. The first-order valence-corrected chi connectivity index (χ1v) is 10.2. The molecule has 3 heterocycles. The smallest absolute Gasteiger partial charge is 0.475 e. The van der Waals surface area contributed by atoms with Crippen molar-refractivity contribution in [2.45, 2.75) is 31.7 Å². The van der Waals surface area contributed by atoms with Crippen LogP contribution in [0.1, 0.15) is 19.4 Å². The molecule has 0 atom stereocenters. The highest BCUT2D eigenvalue weighted by atomic mass is 32.2. The lowest BCUT2D eigenvalue weighted by molar-refractivity contribution is -0.192. The zero-order valence-corrected chi connectivity index (χ0v) is 17.5. The van der Waals surface area contributed by atoms with E-state index in [1.807, 2.05) is 0 Å². The number of carbonyl (C=O) groups is 1. The third-order valence-corrected chi connectivity index (χ3v) is 5.82. The zero-order chi connectivity index (χ0) is 24.7. The minimum atomic E-state index is -5.08. The van der Waals surface area contributed by atoms with E-state index < -0.39 is 39.6 Å². The molecule has 0 aromatic carbocycles. The summed E-state index contributed by atoms with van der Waals surface area (Å²) in [4.78, 5) is 14.5. The van der Waals surface area contributed by atoms with Crippen LogP contribution in [-0.2, 0) is 21.2 Å². The number of hydrogen-bond donors (Lipinski definition) is 2. The number of pyridine rings is 1. The number of alkyl halides is 6. The molecule has 180 valence electrons. The molecule has 0 aliphatic carbocycles. The summed E-state index contributed by atoms with van der Waals surface area (Å²) in [6.07, 6.45) is -6.78. The van der Waals surface area contributed by atoms with Crippen LogP contribution < -0.4 is 10.0 Å². The molecule has 1 aliphatic rings. The maximum atomic E-state index is 13.2. The molecule has 32 heavy (non-hydrogen) atoms. The van der Waals surface area contributed by atoms with Crippen molar-refractivity contribution in [3.05, 3.63) is 30.2 Å². The molecule has 3 rings (SSSR count). The maximum Gasteiger partial charge on any atom is 0.490 e. The molecule has 1 fully saturated rings. The van der Waals surface area contributed by atoms with Crippen molar-refractivity contribution in [2.24, 2.45) is 5.14 Å². The van der Waals surface area contributed by atoms with E-state index in [1.54, 1.807) is 23.1 Å². The average Bonchev–Trinajstić information content (AvgIpc) is 3.06. The van der Waals surface area contributed by atoms with E-state index >= 15 is 0 Å².